The molecule has 3 aromatic rings. The first-order valence-corrected chi connectivity index (χ1v) is 10.7. The first-order chi connectivity index (χ1) is 13.2. The summed E-state index contributed by atoms with van der Waals surface area (Å²) in [5, 5.41) is 0. The molecule has 1 saturated carbocycles. The smallest absolute Gasteiger partial charge is 0.314 e. The molecule has 0 radical (unpaired) electrons. The minimum Gasteiger partial charge on any atom is -0.316 e. The summed E-state index contributed by atoms with van der Waals surface area (Å²) in [5.74, 6) is 0.487. The van der Waals surface area contributed by atoms with E-state index in [9.17, 15) is 18.0 Å². The zero-order chi connectivity index (χ0) is 20.1. The van der Waals surface area contributed by atoms with E-state index in [4.69, 9.17) is 0 Å². The van der Waals surface area contributed by atoms with Crippen molar-refractivity contribution in [1.82, 2.24) is 9.97 Å². The Morgan fingerprint density at radius 1 is 0.964 bits per heavy atom. The maximum atomic E-state index is 13.1. The van der Waals surface area contributed by atoms with Gasteiger partial charge in [0, 0.05) is 5.69 Å². The molecule has 28 heavy (non-hydrogen) atoms. The maximum Gasteiger partial charge on any atom is 0.314 e. The summed E-state index contributed by atoms with van der Waals surface area (Å²) in [6.45, 7) is 3.74. The third-order valence-corrected chi connectivity index (χ3v) is 6.41. The van der Waals surface area contributed by atoms with Crippen molar-refractivity contribution in [2.75, 3.05) is 4.72 Å². The summed E-state index contributed by atoms with van der Waals surface area (Å²) in [5.41, 5.74) is 1.31. The first kappa shape index (κ1) is 18.5. The van der Waals surface area contributed by atoms with E-state index in [0.29, 0.717) is 22.7 Å². The molecule has 4 rings (SSSR count). The predicted molar refractivity (Wildman–Crippen MR) is 109 cm³/mol. The van der Waals surface area contributed by atoms with Crippen molar-refractivity contribution >= 4 is 26.7 Å². The average molecular weight is 399 g/mol. The summed E-state index contributed by atoms with van der Waals surface area (Å²) in [6, 6.07) is 10.4. The van der Waals surface area contributed by atoms with E-state index in [2.05, 4.69) is 14.7 Å². The van der Waals surface area contributed by atoms with Crippen LogP contribution in [0.5, 0.6) is 0 Å². The fraction of sp³-hybridized carbons (Fsp3) is 0.300. The van der Waals surface area contributed by atoms with Crippen LogP contribution in [0.1, 0.15) is 49.7 Å². The van der Waals surface area contributed by atoms with Gasteiger partial charge in [-0.3, -0.25) is 14.3 Å². The Morgan fingerprint density at radius 2 is 1.54 bits per heavy atom. The predicted octanol–water partition coefficient (Wildman–Crippen LogP) is 3.02. The van der Waals surface area contributed by atoms with Crippen molar-refractivity contribution in [3.05, 3.63) is 68.2 Å². The molecule has 0 bridgehead atoms. The van der Waals surface area contributed by atoms with Crippen LogP contribution in [-0.4, -0.2) is 18.4 Å². The molecule has 1 aromatic heterocycles. The number of anilines is 1. The Bertz CT molecular complexity index is 1270. The summed E-state index contributed by atoms with van der Waals surface area (Å²) in [4.78, 5) is 28.2. The minimum absolute atomic E-state index is 0.0731. The van der Waals surface area contributed by atoms with E-state index in [-0.39, 0.29) is 16.3 Å². The molecule has 8 heteroatoms. The highest BCUT2D eigenvalue weighted by Crippen LogP contribution is 2.40. The average Bonchev–Trinajstić information content (AvgIpc) is 3.47. The van der Waals surface area contributed by atoms with Gasteiger partial charge in [-0.2, -0.15) is 0 Å². The van der Waals surface area contributed by atoms with Crippen LogP contribution < -0.4 is 15.8 Å². The number of rotatable bonds is 5. The van der Waals surface area contributed by atoms with Crippen LogP contribution in [0.2, 0.25) is 0 Å². The van der Waals surface area contributed by atoms with Crippen molar-refractivity contribution in [1.29, 1.82) is 0 Å². The number of sulfonamides is 1. The fourth-order valence-electron chi connectivity index (χ4n) is 3.30. The zero-order valence-corrected chi connectivity index (χ0v) is 16.4. The van der Waals surface area contributed by atoms with Gasteiger partial charge in [-0.1, -0.05) is 26.0 Å². The highest BCUT2D eigenvalue weighted by atomic mass is 32.2. The van der Waals surface area contributed by atoms with Crippen molar-refractivity contribution < 1.29 is 8.42 Å². The monoisotopic (exact) mass is 399 g/mol. The summed E-state index contributed by atoms with van der Waals surface area (Å²) in [6.07, 6.45) is 2.36. The van der Waals surface area contributed by atoms with Crippen molar-refractivity contribution in [2.45, 2.75) is 43.4 Å². The standard InChI is InChI=1S/C20H21N3O4S/c1-11(2)15-9-16-17(22-20(25)19(24)21-16)10-18(15)28(26,27)23-14-7-5-13(6-8-14)12-3-4-12/h5-12,23H,3-4H2,1-2H3,(H,21,24)(H,22,25). The topological polar surface area (TPSA) is 112 Å². The third-order valence-electron chi connectivity index (χ3n) is 4.98. The van der Waals surface area contributed by atoms with Gasteiger partial charge in [0.25, 0.3) is 10.0 Å². The van der Waals surface area contributed by atoms with E-state index in [0.717, 1.165) is 0 Å². The molecule has 0 aliphatic heterocycles. The lowest BCUT2D eigenvalue weighted by molar-refractivity contribution is 0.599. The number of aromatic nitrogens is 2. The number of fused-ring (bicyclic) bond motifs is 1. The first-order valence-electron chi connectivity index (χ1n) is 9.17. The number of hydrogen-bond donors (Lipinski definition) is 3. The van der Waals surface area contributed by atoms with Gasteiger partial charge >= 0.3 is 11.1 Å². The van der Waals surface area contributed by atoms with Crippen LogP contribution in [-0.2, 0) is 10.0 Å². The molecule has 0 unspecified atom stereocenters. The zero-order valence-electron chi connectivity index (χ0n) is 15.6. The highest BCUT2D eigenvalue weighted by Gasteiger charge is 2.24. The lowest BCUT2D eigenvalue weighted by atomic mass is 10.0. The van der Waals surface area contributed by atoms with Crippen LogP contribution in [0.3, 0.4) is 0 Å². The second kappa shape index (κ2) is 6.63. The molecular weight excluding hydrogens is 378 g/mol. The van der Waals surface area contributed by atoms with Gasteiger partial charge in [-0.15, -0.1) is 0 Å². The van der Waals surface area contributed by atoms with E-state index in [1.807, 2.05) is 26.0 Å². The number of H-pyrrole nitrogens is 2. The molecular formula is C20H21N3O4S. The van der Waals surface area contributed by atoms with Crippen molar-refractivity contribution in [3.63, 3.8) is 0 Å². The lowest BCUT2D eigenvalue weighted by Crippen LogP contribution is -2.29. The van der Waals surface area contributed by atoms with E-state index in [1.165, 1.54) is 24.5 Å². The Kier molecular flexibility index (Phi) is 4.38. The number of benzene rings is 2. The molecule has 2 aromatic carbocycles. The Balaban J connectivity index is 1.78. The van der Waals surface area contributed by atoms with Gasteiger partial charge in [0.2, 0.25) is 0 Å². The quantitative estimate of drug-likeness (QED) is 0.573. The van der Waals surface area contributed by atoms with Crippen molar-refractivity contribution in [3.8, 4) is 0 Å². The Labute approximate surface area is 161 Å². The van der Waals surface area contributed by atoms with Crippen LogP contribution in [0.15, 0.2) is 50.9 Å². The number of aromatic amines is 2. The summed E-state index contributed by atoms with van der Waals surface area (Å²) in [7, 11) is -3.88. The third kappa shape index (κ3) is 3.47. The van der Waals surface area contributed by atoms with Crippen LogP contribution >= 0.6 is 0 Å². The molecule has 1 fully saturated rings. The van der Waals surface area contributed by atoms with E-state index >= 15 is 0 Å². The Hall–Kier alpha value is -2.87. The Morgan fingerprint density at radius 3 is 2.07 bits per heavy atom. The van der Waals surface area contributed by atoms with Crippen LogP contribution in [0.4, 0.5) is 5.69 Å². The van der Waals surface area contributed by atoms with Gasteiger partial charge in [-0.25, -0.2) is 8.42 Å². The van der Waals surface area contributed by atoms with Gasteiger partial charge in [-0.05, 0) is 60.1 Å². The van der Waals surface area contributed by atoms with Gasteiger partial charge in [0.15, 0.2) is 0 Å². The molecule has 1 aliphatic carbocycles. The molecule has 1 heterocycles. The largest absolute Gasteiger partial charge is 0.316 e. The molecule has 7 nitrogen and oxygen atoms in total. The molecule has 0 saturated heterocycles. The molecule has 3 N–H and O–H groups in total. The summed E-state index contributed by atoms with van der Waals surface area (Å²) < 4.78 is 28.8. The molecule has 1 aliphatic rings. The fourth-order valence-corrected chi connectivity index (χ4v) is 4.73. The number of nitrogens with one attached hydrogen (secondary N) is 3. The second-order valence-electron chi connectivity index (χ2n) is 7.50. The van der Waals surface area contributed by atoms with Crippen molar-refractivity contribution in [2.24, 2.45) is 0 Å². The van der Waals surface area contributed by atoms with Gasteiger partial charge in [0.1, 0.15) is 0 Å². The highest BCUT2D eigenvalue weighted by molar-refractivity contribution is 7.92. The van der Waals surface area contributed by atoms with Crippen LogP contribution in [0, 0.1) is 0 Å². The van der Waals surface area contributed by atoms with E-state index in [1.54, 1.807) is 18.2 Å². The second-order valence-corrected chi connectivity index (χ2v) is 9.15. The SMILES string of the molecule is CC(C)c1cc2[nH]c(=O)c(=O)[nH]c2cc1S(=O)(=O)Nc1ccc(C2CC2)cc1. The normalized spacial score (nSPS) is 14.5. The minimum atomic E-state index is -3.88. The molecule has 0 spiro atoms. The van der Waals surface area contributed by atoms with Crippen LogP contribution in [0.25, 0.3) is 11.0 Å². The maximum absolute atomic E-state index is 13.1. The molecule has 146 valence electrons. The van der Waals surface area contributed by atoms with Gasteiger partial charge < -0.3 is 9.97 Å². The van der Waals surface area contributed by atoms with E-state index < -0.39 is 21.1 Å². The summed E-state index contributed by atoms with van der Waals surface area (Å²) >= 11 is 0. The van der Waals surface area contributed by atoms with Gasteiger partial charge in [0.05, 0.1) is 15.9 Å². The number of hydrogen-bond acceptors (Lipinski definition) is 4. The molecule has 0 atom stereocenters. The lowest BCUT2D eigenvalue weighted by Gasteiger charge is -2.16. The molecule has 0 amide bonds.